The maximum Gasteiger partial charge on any atom is 0.270 e. The van der Waals surface area contributed by atoms with Gasteiger partial charge in [0, 0.05) is 38.4 Å². The van der Waals surface area contributed by atoms with Crippen LogP contribution < -0.4 is 10.2 Å². The Morgan fingerprint density at radius 3 is 2.75 bits per heavy atom. The lowest BCUT2D eigenvalue weighted by Crippen LogP contribution is -2.45. The van der Waals surface area contributed by atoms with Gasteiger partial charge in [0.2, 0.25) is 5.95 Å². The van der Waals surface area contributed by atoms with Crippen LogP contribution in [0.5, 0.6) is 0 Å². The third-order valence-electron chi connectivity index (χ3n) is 3.65. The molecular formula is C14H23N5O. The minimum Gasteiger partial charge on any atom is -0.348 e. The molecule has 6 heteroatoms. The highest BCUT2D eigenvalue weighted by Crippen LogP contribution is 2.10. The number of piperazine rings is 1. The summed E-state index contributed by atoms with van der Waals surface area (Å²) in [6, 6.07) is 1.82. The van der Waals surface area contributed by atoms with Crippen LogP contribution in [0.2, 0.25) is 0 Å². The summed E-state index contributed by atoms with van der Waals surface area (Å²) in [5, 5.41) is 2.93. The third-order valence-corrected chi connectivity index (χ3v) is 3.65. The van der Waals surface area contributed by atoms with Gasteiger partial charge >= 0.3 is 0 Å². The van der Waals surface area contributed by atoms with Crippen LogP contribution in [0.15, 0.2) is 12.3 Å². The Kier molecular flexibility index (Phi) is 4.89. The zero-order valence-electron chi connectivity index (χ0n) is 12.5. The third kappa shape index (κ3) is 3.66. The first kappa shape index (κ1) is 14.7. The van der Waals surface area contributed by atoms with E-state index in [2.05, 4.69) is 32.1 Å². The summed E-state index contributed by atoms with van der Waals surface area (Å²) in [7, 11) is 2.11. The molecule has 2 rings (SSSR count). The van der Waals surface area contributed by atoms with Crippen LogP contribution in [0.1, 0.15) is 30.8 Å². The fourth-order valence-electron chi connectivity index (χ4n) is 2.03. The monoisotopic (exact) mass is 277 g/mol. The van der Waals surface area contributed by atoms with Crippen molar-refractivity contribution in [1.29, 1.82) is 0 Å². The number of hydrogen-bond donors (Lipinski definition) is 1. The van der Waals surface area contributed by atoms with E-state index in [0.29, 0.717) is 11.6 Å². The topological polar surface area (TPSA) is 61.4 Å². The van der Waals surface area contributed by atoms with E-state index in [1.165, 1.54) is 0 Å². The van der Waals surface area contributed by atoms with Gasteiger partial charge in [-0.3, -0.25) is 4.79 Å². The van der Waals surface area contributed by atoms with Crippen LogP contribution in [-0.2, 0) is 0 Å². The Balaban J connectivity index is 2.06. The molecule has 1 saturated heterocycles. The van der Waals surface area contributed by atoms with E-state index in [4.69, 9.17) is 0 Å². The molecular weight excluding hydrogens is 254 g/mol. The summed E-state index contributed by atoms with van der Waals surface area (Å²) >= 11 is 0. The quantitative estimate of drug-likeness (QED) is 0.880. The molecule has 1 aliphatic heterocycles. The Morgan fingerprint density at radius 2 is 2.10 bits per heavy atom. The Labute approximate surface area is 120 Å². The highest BCUT2D eigenvalue weighted by molar-refractivity contribution is 5.92. The SMILES string of the molecule is CCC(C)NC(=O)c1ccnc(N2CCN(C)CC2)n1. The summed E-state index contributed by atoms with van der Waals surface area (Å²) in [6.45, 7) is 7.81. The number of likely N-dealkylation sites (N-methyl/N-ethyl adjacent to an activating group) is 1. The van der Waals surface area contributed by atoms with Gasteiger partial charge in [0.15, 0.2) is 0 Å². The fraction of sp³-hybridized carbons (Fsp3) is 0.643. The molecule has 0 spiro atoms. The minimum atomic E-state index is -0.128. The molecule has 0 radical (unpaired) electrons. The highest BCUT2D eigenvalue weighted by atomic mass is 16.1. The van der Waals surface area contributed by atoms with Gasteiger partial charge < -0.3 is 15.1 Å². The van der Waals surface area contributed by atoms with Crippen LogP contribution in [0.3, 0.4) is 0 Å². The molecule has 1 N–H and O–H groups in total. The first-order valence-electron chi connectivity index (χ1n) is 7.17. The predicted octanol–water partition coefficient (Wildman–Crippen LogP) is 0.757. The number of rotatable bonds is 4. The molecule has 1 aromatic heterocycles. The van der Waals surface area contributed by atoms with E-state index >= 15 is 0 Å². The second-order valence-corrected chi connectivity index (χ2v) is 5.31. The van der Waals surface area contributed by atoms with Gasteiger partial charge in [-0.25, -0.2) is 9.97 Å². The summed E-state index contributed by atoms with van der Waals surface area (Å²) in [5.41, 5.74) is 0.439. The Morgan fingerprint density at radius 1 is 1.40 bits per heavy atom. The molecule has 2 heterocycles. The van der Waals surface area contributed by atoms with Gasteiger partial charge in [0.05, 0.1) is 0 Å². The van der Waals surface area contributed by atoms with Gasteiger partial charge in [0.1, 0.15) is 5.69 Å². The Hall–Kier alpha value is -1.69. The molecule has 0 bridgehead atoms. The van der Waals surface area contributed by atoms with Crippen LogP contribution in [0, 0.1) is 0 Å². The molecule has 1 aliphatic rings. The molecule has 1 fully saturated rings. The largest absolute Gasteiger partial charge is 0.348 e. The van der Waals surface area contributed by atoms with Gasteiger partial charge in [-0.05, 0) is 26.5 Å². The molecule has 1 amide bonds. The summed E-state index contributed by atoms with van der Waals surface area (Å²) in [4.78, 5) is 25.2. The fourth-order valence-corrected chi connectivity index (χ4v) is 2.03. The van der Waals surface area contributed by atoms with Crippen LogP contribution in [0.25, 0.3) is 0 Å². The molecule has 1 atom stereocenters. The van der Waals surface area contributed by atoms with Crippen molar-refractivity contribution in [2.24, 2.45) is 0 Å². The first-order valence-corrected chi connectivity index (χ1v) is 7.17. The van der Waals surface area contributed by atoms with E-state index in [1.54, 1.807) is 12.3 Å². The number of aromatic nitrogens is 2. The standard InChI is InChI=1S/C14H23N5O/c1-4-11(2)16-13(20)12-5-6-15-14(17-12)19-9-7-18(3)8-10-19/h5-6,11H,4,7-10H2,1-3H3,(H,16,20). The van der Waals surface area contributed by atoms with Gasteiger partial charge in [-0.1, -0.05) is 6.92 Å². The molecule has 0 saturated carbocycles. The van der Waals surface area contributed by atoms with E-state index in [-0.39, 0.29) is 11.9 Å². The van der Waals surface area contributed by atoms with Crippen molar-refractivity contribution in [1.82, 2.24) is 20.2 Å². The number of carbonyl (C=O) groups excluding carboxylic acids is 1. The van der Waals surface area contributed by atoms with Crippen molar-refractivity contribution >= 4 is 11.9 Å². The molecule has 6 nitrogen and oxygen atoms in total. The second kappa shape index (κ2) is 6.65. The highest BCUT2D eigenvalue weighted by Gasteiger charge is 2.18. The zero-order chi connectivity index (χ0) is 14.5. The maximum atomic E-state index is 12.1. The molecule has 0 aliphatic carbocycles. The van der Waals surface area contributed by atoms with Crippen molar-refractivity contribution in [2.75, 3.05) is 38.1 Å². The van der Waals surface area contributed by atoms with Crippen LogP contribution >= 0.6 is 0 Å². The molecule has 0 aromatic carbocycles. The van der Waals surface area contributed by atoms with Gasteiger partial charge in [0.25, 0.3) is 5.91 Å². The summed E-state index contributed by atoms with van der Waals surface area (Å²) in [5.74, 6) is 0.520. The van der Waals surface area contributed by atoms with Crippen molar-refractivity contribution in [2.45, 2.75) is 26.3 Å². The lowest BCUT2D eigenvalue weighted by molar-refractivity contribution is 0.0934. The van der Waals surface area contributed by atoms with Crippen LogP contribution in [0.4, 0.5) is 5.95 Å². The van der Waals surface area contributed by atoms with Crippen molar-refractivity contribution in [3.8, 4) is 0 Å². The minimum absolute atomic E-state index is 0.128. The van der Waals surface area contributed by atoms with E-state index in [9.17, 15) is 4.79 Å². The Bertz CT molecular complexity index is 457. The average molecular weight is 277 g/mol. The second-order valence-electron chi connectivity index (χ2n) is 5.31. The first-order chi connectivity index (χ1) is 9.60. The average Bonchev–Trinajstić information content (AvgIpc) is 2.48. The van der Waals surface area contributed by atoms with Crippen molar-refractivity contribution < 1.29 is 4.79 Å². The normalized spacial score (nSPS) is 17.9. The molecule has 20 heavy (non-hydrogen) atoms. The summed E-state index contributed by atoms with van der Waals surface area (Å²) in [6.07, 6.45) is 2.56. The van der Waals surface area contributed by atoms with Gasteiger partial charge in [-0.2, -0.15) is 0 Å². The number of anilines is 1. The predicted molar refractivity (Wildman–Crippen MR) is 79.0 cm³/mol. The lowest BCUT2D eigenvalue weighted by atomic mass is 10.2. The maximum absolute atomic E-state index is 12.1. The molecule has 1 unspecified atom stereocenters. The number of amides is 1. The lowest BCUT2D eigenvalue weighted by Gasteiger charge is -2.32. The zero-order valence-corrected chi connectivity index (χ0v) is 12.5. The molecule has 1 aromatic rings. The van der Waals surface area contributed by atoms with E-state index in [1.807, 2.05) is 13.8 Å². The van der Waals surface area contributed by atoms with Crippen molar-refractivity contribution in [3.63, 3.8) is 0 Å². The van der Waals surface area contributed by atoms with Crippen molar-refractivity contribution in [3.05, 3.63) is 18.0 Å². The smallest absolute Gasteiger partial charge is 0.270 e. The van der Waals surface area contributed by atoms with E-state index in [0.717, 1.165) is 32.6 Å². The summed E-state index contributed by atoms with van der Waals surface area (Å²) < 4.78 is 0. The number of nitrogens with zero attached hydrogens (tertiary/aromatic N) is 4. The van der Waals surface area contributed by atoms with Gasteiger partial charge in [-0.15, -0.1) is 0 Å². The van der Waals surface area contributed by atoms with E-state index < -0.39 is 0 Å². The van der Waals surface area contributed by atoms with Crippen LogP contribution in [-0.4, -0.2) is 60.0 Å². The number of carbonyl (C=O) groups is 1. The number of nitrogens with one attached hydrogen (secondary N) is 1. The number of hydrogen-bond acceptors (Lipinski definition) is 5. The molecule has 110 valence electrons.